The number of amides is 1. The zero-order valence-electron chi connectivity index (χ0n) is 39.2. The van der Waals surface area contributed by atoms with Crippen molar-refractivity contribution in [1.82, 2.24) is 14.8 Å². The second-order valence-electron chi connectivity index (χ2n) is 19.5. The highest BCUT2D eigenvalue weighted by molar-refractivity contribution is 6.30. The van der Waals surface area contributed by atoms with Crippen LogP contribution in [0.25, 0.3) is 0 Å². The molecule has 66 heavy (non-hydrogen) atoms. The molecule has 0 radical (unpaired) electrons. The molecule has 4 aliphatic rings. The molecule has 1 aliphatic heterocycles. The van der Waals surface area contributed by atoms with Gasteiger partial charge < -0.3 is 34.3 Å². The SMILES string of the molecule is C[C@@H](COc1ccnc2c1[C@H](C)CCC2)C[C@H]1Cc2ccc(OCCCC(=O)N(C)CCc3cccc(OCCN4CCOCC4)c3)cc2C12CCC(Nc1cccc(Cl)c1)(C(=O)O)CC2. The lowest BCUT2D eigenvalue weighted by Gasteiger charge is -2.47. The van der Waals surface area contributed by atoms with Gasteiger partial charge in [-0.05, 0) is 159 Å². The molecule has 3 aromatic carbocycles. The highest BCUT2D eigenvalue weighted by Crippen LogP contribution is 2.57. The number of hydrogen-bond acceptors (Lipinski definition) is 9. The first kappa shape index (κ1) is 47.6. The summed E-state index contributed by atoms with van der Waals surface area (Å²) in [4.78, 5) is 35.2. The first-order chi connectivity index (χ1) is 32.0. The third kappa shape index (κ3) is 11.5. The molecule has 354 valence electrons. The molecule has 11 nitrogen and oxygen atoms in total. The predicted octanol–water partition coefficient (Wildman–Crippen LogP) is 9.77. The smallest absolute Gasteiger partial charge is 0.329 e. The fourth-order valence-electron chi connectivity index (χ4n) is 11.1. The van der Waals surface area contributed by atoms with Gasteiger partial charge in [-0.3, -0.25) is 14.7 Å². The highest BCUT2D eigenvalue weighted by atomic mass is 35.5. The largest absolute Gasteiger partial charge is 0.494 e. The zero-order valence-corrected chi connectivity index (χ0v) is 40.0. The van der Waals surface area contributed by atoms with E-state index in [0.29, 0.717) is 74.6 Å². The first-order valence-electron chi connectivity index (χ1n) is 24.4. The van der Waals surface area contributed by atoms with Crippen LogP contribution in [0.4, 0.5) is 5.69 Å². The van der Waals surface area contributed by atoms with Crippen LogP contribution in [0.5, 0.6) is 17.2 Å². The Balaban J connectivity index is 0.881. The van der Waals surface area contributed by atoms with Crippen molar-refractivity contribution >= 4 is 29.2 Å². The average Bonchev–Trinajstić information content (AvgIpc) is 3.60. The van der Waals surface area contributed by atoms with Crippen LogP contribution in [-0.4, -0.2) is 104 Å². The Kier molecular flexibility index (Phi) is 15.8. The number of morpholine rings is 1. The number of likely N-dealkylation sites (N-methyl/N-ethyl adjacent to an activating group) is 1. The number of fused-ring (bicyclic) bond motifs is 3. The molecule has 1 saturated carbocycles. The molecule has 1 amide bonds. The van der Waals surface area contributed by atoms with Gasteiger partial charge in [-0.2, -0.15) is 0 Å². The van der Waals surface area contributed by atoms with E-state index in [1.807, 2.05) is 48.5 Å². The number of benzene rings is 3. The average molecular weight is 922 g/mol. The van der Waals surface area contributed by atoms with E-state index in [2.05, 4.69) is 59.4 Å². The van der Waals surface area contributed by atoms with E-state index in [4.69, 9.17) is 30.5 Å². The van der Waals surface area contributed by atoms with Gasteiger partial charge in [0.15, 0.2) is 0 Å². The van der Waals surface area contributed by atoms with E-state index in [1.54, 1.807) is 12.1 Å². The lowest BCUT2D eigenvalue weighted by Crippen LogP contribution is -2.53. The Labute approximate surface area is 396 Å². The molecule has 2 heterocycles. The summed E-state index contributed by atoms with van der Waals surface area (Å²) in [7, 11) is 1.87. The van der Waals surface area contributed by atoms with Crippen molar-refractivity contribution in [3.05, 3.63) is 112 Å². The molecule has 1 spiro atoms. The number of rotatable bonds is 20. The van der Waals surface area contributed by atoms with Crippen molar-refractivity contribution in [2.45, 2.75) is 108 Å². The summed E-state index contributed by atoms with van der Waals surface area (Å²) in [5.74, 6) is 2.91. The number of aromatic nitrogens is 1. The third-order valence-electron chi connectivity index (χ3n) is 14.9. The fourth-order valence-corrected chi connectivity index (χ4v) is 11.3. The van der Waals surface area contributed by atoms with Crippen molar-refractivity contribution in [2.24, 2.45) is 11.8 Å². The molecule has 4 aromatic rings. The minimum absolute atomic E-state index is 0.0965. The van der Waals surface area contributed by atoms with Gasteiger partial charge in [0, 0.05) is 67.8 Å². The molecule has 8 rings (SSSR count). The van der Waals surface area contributed by atoms with Gasteiger partial charge in [0.25, 0.3) is 0 Å². The molecule has 3 atom stereocenters. The van der Waals surface area contributed by atoms with Crippen LogP contribution >= 0.6 is 11.6 Å². The van der Waals surface area contributed by atoms with E-state index >= 15 is 0 Å². The van der Waals surface area contributed by atoms with Crippen molar-refractivity contribution < 1.29 is 33.6 Å². The second-order valence-corrected chi connectivity index (χ2v) is 19.9. The maximum atomic E-state index is 13.2. The number of aryl methyl sites for hydroxylation is 1. The number of nitrogens with zero attached hydrogens (tertiary/aromatic N) is 3. The van der Waals surface area contributed by atoms with Crippen LogP contribution < -0.4 is 19.5 Å². The van der Waals surface area contributed by atoms with Gasteiger partial charge in [-0.25, -0.2) is 4.79 Å². The lowest BCUT2D eigenvalue weighted by molar-refractivity contribution is -0.144. The van der Waals surface area contributed by atoms with Crippen LogP contribution in [0.2, 0.25) is 5.02 Å². The summed E-state index contributed by atoms with van der Waals surface area (Å²) in [5.41, 5.74) is 5.57. The van der Waals surface area contributed by atoms with Crippen LogP contribution in [-0.2, 0) is 39.0 Å². The fraction of sp³-hybridized carbons (Fsp3) is 0.537. The van der Waals surface area contributed by atoms with Gasteiger partial charge in [-0.1, -0.05) is 49.7 Å². The topological polar surface area (TPSA) is 123 Å². The van der Waals surface area contributed by atoms with Crippen molar-refractivity contribution in [2.75, 3.05) is 71.6 Å². The van der Waals surface area contributed by atoms with Gasteiger partial charge in [0.1, 0.15) is 29.4 Å². The Hall–Kier alpha value is -4.84. The number of nitrogens with one attached hydrogen (secondary N) is 1. The maximum Gasteiger partial charge on any atom is 0.329 e. The molecule has 1 saturated heterocycles. The normalized spacial score (nSPS) is 23.1. The number of carbonyl (C=O) groups is 2. The van der Waals surface area contributed by atoms with E-state index < -0.39 is 11.5 Å². The Morgan fingerprint density at radius 2 is 1.77 bits per heavy atom. The number of ether oxygens (including phenoxy) is 4. The molecule has 12 heteroatoms. The minimum atomic E-state index is -1.11. The number of pyridine rings is 1. The molecule has 1 aromatic heterocycles. The van der Waals surface area contributed by atoms with E-state index in [1.165, 1.54) is 22.4 Å². The van der Waals surface area contributed by atoms with Gasteiger partial charge in [-0.15, -0.1) is 0 Å². The van der Waals surface area contributed by atoms with Gasteiger partial charge >= 0.3 is 5.97 Å². The van der Waals surface area contributed by atoms with E-state index in [0.717, 1.165) is 107 Å². The molecule has 0 bridgehead atoms. The molecule has 2 N–H and O–H groups in total. The summed E-state index contributed by atoms with van der Waals surface area (Å²) in [5, 5.41) is 14.7. The predicted molar refractivity (Wildman–Crippen MR) is 259 cm³/mol. The number of anilines is 1. The minimum Gasteiger partial charge on any atom is -0.494 e. The Bertz CT molecular complexity index is 2270. The number of hydrogen-bond donors (Lipinski definition) is 2. The van der Waals surface area contributed by atoms with E-state index in [9.17, 15) is 14.7 Å². The van der Waals surface area contributed by atoms with Crippen LogP contribution in [0.15, 0.2) is 79.0 Å². The van der Waals surface area contributed by atoms with Crippen molar-refractivity contribution in [3.8, 4) is 17.2 Å². The standard InChI is InChI=1S/C54H69ClN4O7/c1-38(37-66-49-17-23-56-48-13-4-8-39(2)51(48)49)32-42-34-41-15-16-46(36-47(41)53(42)19-21-54(22-20-53,52(61)62)57-44-11-6-10-43(55)35-44)64-28-7-14-50(60)58(3)24-18-40-9-5-12-45(33-40)65-31-27-59-25-29-63-30-26-59/h5-6,9-12,15-17,23,33,35-36,38-39,42,57H,4,7-8,13-14,18-22,24-32,34,37H2,1-3H3,(H,61,62)/t38-,39-,42+,53?,54?/m1/s1. The monoisotopic (exact) mass is 920 g/mol. The number of carbonyl (C=O) groups excluding carboxylic acids is 1. The summed E-state index contributed by atoms with van der Waals surface area (Å²) in [6, 6.07) is 24.0. The molecular weight excluding hydrogens is 852 g/mol. The zero-order chi connectivity index (χ0) is 46.1. The summed E-state index contributed by atoms with van der Waals surface area (Å²) in [6.45, 7) is 11.2. The highest BCUT2D eigenvalue weighted by Gasteiger charge is 2.54. The second kappa shape index (κ2) is 21.9. The lowest BCUT2D eigenvalue weighted by atomic mass is 9.59. The maximum absolute atomic E-state index is 13.2. The van der Waals surface area contributed by atoms with Gasteiger partial charge in [0.2, 0.25) is 5.91 Å². The van der Waals surface area contributed by atoms with Gasteiger partial charge in [0.05, 0.1) is 26.4 Å². The van der Waals surface area contributed by atoms with Crippen LogP contribution in [0.1, 0.15) is 106 Å². The quantitative estimate of drug-likeness (QED) is 0.0829. The molecule has 0 unspecified atom stereocenters. The van der Waals surface area contributed by atoms with E-state index in [-0.39, 0.29) is 17.2 Å². The first-order valence-corrected chi connectivity index (χ1v) is 24.8. The Morgan fingerprint density at radius 1 is 0.985 bits per heavy atom. The number of carboxylic acids is 1. The summed E-state index contributed by atoms with van der Waals surface area (Å²) < 4.78 is 24.5. The molecule has 3 aliphatic carbocycles. The van der Waals surface area contributed by atoms with Crippen LogP contribution in [0.3, 0.4) is 0 Å². The molecular formula is C54H69ClN4O7. The van der Waals surface area contributed by atoms with Crippen molar-refractivity contribution in [3.63, 3.8) is 0 Å². The number of carboxylic acid groups (broad SMARTS) is 1. The number of aliphatic carboxylic acids is 1. The molecule has 2 fully saturated rings. The summed E-state index contributed by atoms with van der Waals surface area (Å²) in [6.07, 6.45) is 11.3. The van der Waals surface area contributed by atoms with Crippen LogP contribution in [0, 0.1) is 11.8 Å². The van der Waals surface area contributed by atoms with Crippen molar-refractivity contribution in [1.29, 1.82) is 0 Å². The number of halogens is 1. The summed E-state index contributed by atoms with van der Waals surface area (Å²) >= 11 is 6.33. The Morgan fingerprint density at radius 3 is 2.58 bits per heavy atom. The third-order valence-corrected chi connectivity index (χ3v) is 15.1.